The van der Waals surface area contributed by atoms with E-state index in [1.165, 1.54) is 27.6 Å². The van der Waals surface area contributed by atoms with Gasteiger partial charge in [-0.3, -0.25) is 9.59 Å². The molecule has 2 aromatic heterocycles. The molecule has 10 heteroatoms. The minimum absolute atomic E-state index is 0.141. The van der Waals surface area contributed by atoms with E-state index in [1.807, 2.05) is 0 Å². The van der Waals surface area contributed by atoms with Crippen molar-refractivity contribution in [1.29, 1.82) is 0 Å². The lowest BCUT2D eigenvalue weighted by Crippen LogP contribution is -2.51. The molecule has 1 saturated heterocycles. The van der Waals surface area contributed by atoms with Crippen LogP contribution in [0, 0.1) is 6.92 Å². The molecule has 156 valence electrons. The van der Waals surface area contributed by atoms with Crippen LogP contribution in [-0.2, 0) is 6.18 Å². The zero-order valence-electron chi connectivity index (χ0n) is 16.1. The topological polar surface area (TPSA) is 70.8 Å². The molecule has 0 aliphatic carbocycles. The van der Waals surface area contributed by atoms with Crippen LogP contribution in [0.1, 0.15) is 32.0 Å². The van der Waals surface area contributed by atoms with Gasteiger partial charge in [0.15, 0.2) is 5.65 Å². The summed E-state index contributed by atoms with van der Waals surface area (Å²) in [6.45, 7) is 2.42. The number of carbonyl (C=O) groups is 2. The maximum absolute atomic E-state index is 13.2. The Hall–Kier alpha value is -3.43. The average Bonchev–Trinajstić information content (AvgIpc) is 3.08. The second-order valence-corrected chi connectivity index (χ2v) is 6.98. The molecule has 0 N–H and O–H groups in total. The summed E-state index contributed by atoms with van der Waals surface area (Å²) in [5, 5.41) is 4.28. The Morgan fingerprint density at radius 3 is 2.27 bits per heavy atom. The molecule has 3 aromatic rings. The zero-order chi connectivity index (χ0) is 21.5. The quantitative estimate of drug-likeness (QED) is 0.643. The number of carbonyl (C=O) groups excluding carboxylic acids is 2. The van der Waals surface area contributed by atoms with Crippen LogP contribution in [0.3, 0.4) is 0 Å². The molecule has 0 bridgehead atoms. The lowest BCUT2D eigenvalue weighted by atomic mass is 10.1. The van der Waals surface area contributed by atoms with Crippen molar-refractivity contribution in [2.24, 2.45) is 0 Å². The van der Waals surface area contributed by atoms with Crippen molar-refractivity contribution in [3.8, 4) is 0 Å². The Bertz CT molecular complexity index is 1120. The first-order chi connectivity index (χ1) is 14.3. The number of halogens is 3. The molecule has 2 amide bonds. The van der Waals surface area contributed by atoms with Crippen molar-refractivity contribution in [1.82, 2.24) is 24.4 Å². The second kappa shape index (κ2) is 7.43. The number of piperazine rings is 1. The SMILES string of the molecule is Cc1nn2cccnc2c1C(=O)N1CCN(C(=O)c2ccccc2C(F)(F)F)CC1. The monoisotopic (exact) mass is 417 g/mol. The van der Waals surface area contributed by atoms with E-state index in [0.717, 1.165) is 6.07 Å². The minimum Gasteiger partial charge on any atom is -0.335 e. The van der Waals surface area contributed by atoms with Crippen molar-refractivity contribution >= 4 is 17.5 Å². The van der Waals surface area contributed by atoms with Gasteiger partial charge in [0.05, 0.1) is 16.8 Å². The van der Waals surface area contributed by atoms with Gasteiger partial charge < -0.3 is 9.80 Å². The third-order valence-electron chi connectivity index (χ3n) is 5.10. The molecule has 0 saturated carbocycles. The van der Waals surface area contributed by atoms with Gasteiger partial charge in [0, 0.05) is 38.6 Å². The highest BCUT2D eigenvalue weighted by molar-refractivity contribution is 6.01. The molecule has 0 spiro atoms. The molecule has 1 aromatic carbocycles. The fourth-order valence-corrected chi connectivity index (χ4v) is 3.60. The van der Waals surface area contributed by atoms with E-state index in [0.29, 0.717) is 16.9 Å². The maximum atomic E-state index is 13.2. The number of nitrogens with zero attached hydrogens (tertiary/aromatic N) is 5. The highest BCUT2D eigenvalue weighted by atomic mass is 19.4. The van der Waals surface area contributed by atoms with Crippen molar-refractivity contribution in [2.75, 3.05) is 26.2 Å². The van der Waals surface area contributed by atoms with Gasteiger partial charge in [-0.15, -0.1) is 0 Å². The van der Waals surface area contributed by atoms with Crippen molar-refractivity contribution in [3.05, 3.63) is 65.1 Å². The Morgan fingerprint density at radius 1 is 0.967 bits per heavy atom. The summed E-state index contributed by atoms with van der Waals surface area (Å²) in [6, 6.07) is 6.44. The van der Waals surface area contributed by atoms with Crippen LogP contribution in [-0.4, -0.2) is 62.4 Å². The number of benzene rings is 1. The van der Waals surface area contributed by atoms with E-state index >= 15 is 0 Å². The normalized spacial score (nSPS) is 14.9. The Morgan fingerprint density at radius 2 is 1.60 bits per heavy atom. The first-order valence-electron chi connectivity index (χ1n) is 9.32. The van der Waals surface area contributed by atoms with Crippen molar-refractivity contribution in [2.45, 2.75) is 13.1 Å². The van der Waals surface area contributed by atoms with E-state index < -0.39 is 17.6 Å². The number of alkyl halides is 3. The maximum Gasteiger partial charge on any atom is 0.417 e. The molecule has 1 aliphatic rings. The third kappa shape index (κ3) is 3.49. The molecule has 1 fully saturated rings. The summed E-state index contributed by atoms with van der Waals surface area (Å²) in [5.41, 5.74) is 0.0284. The summed E-state index contributed by atoms with van der Waals surface area (Å²) in [4.78, 5) is 32.8. The van der Waals surface area contributed by atoms with Crippen LogP contribution in [0.5, 0.6) is 0 Å². The molecular formula is C20H18F3N5O2. The standard InChI is InChI=1S/C20H18F3N5O2/c1-13-16(17-24-7-4-8-28(17)25-13)19(30)27-11-9-26(10-12-27)18(29)14-5-2-3-6-15(14)20(21,22)23/h2-8H,9-12H2,1H3. The van der Waals surface area contributed by atoms with Gasteiger partial charge in [-0.1, -0.05) is 12.1 Å². The summed E-state index contributed by atoms with van der Waals surface area (Å²) in [7, 11) is 0. The molecule has 0 atom stereocenters. The van der Waals surface area contributed by atoms with Crippen LogP contribution in [0.4, 0.5) is 13.2 Å². The Labute approximate surface area is 169 Å². The lowest BCUT2D eigenvalue weighted by molar-refractivity contribution is -0.138. The van der Waals surface area contributed by atoms with Crippen molar-refractivity contribution < 1.29 is 22.8 Å². The predicted molar refractivity (Wildman–Crippen MR) is 101 cm³/mol. The summed E-state index contributed by atoms with van der Waals surface area (Å²) in [5.74, 6) is -0.951. The Balaban J connectivity index is 1.50. The average molecular weight is 417 g/mol. The van der Waals surface area contributed by atoms with E-state index in [4.69, 9.17) is 0 Å². The zero-order valence-corrected chi connectivity index (χ0v) is 16.1. The van der Waals surface area contributed by atoms with Crippen LogP contribution >= 0.6 is 0 Å². The number of rotatable bonds is 2. The minimum atomic E-state index is -4.61. The number of aromatic nitrogens is 3. The summed E-state index contributed by atoms with van der Waals surface area (Å²) >= 11 is 0. The second-order valence-electron chi connectivity index (χ2n) is 6.98. The highest BCUT2D eigenvalue weighted by Crippen LogP contribution is 2.32. The molecule has 0 unspecified atom stereocenters. The number of fused-ring (bicyclic) bond motifs is 1. The molecule has 1 aliphatic heterocycles. The van der Waals surface area contributed by atoms with Gasteiger partial charge in [0.25, 0.3) is 11.8 Å². The van der Waals surface area contributed by atoms with Gasteiger partial charge >= 0.3 is 6.18 Å². The first-order valence-corrected chi connectivity index (χ1v) is 9.32. The van der Waals surface area contributed by atoms with Crippen LogP contribution < -0.4 is 0 Å². The van der Waals surface area contributed by atoms with Gasteiger partial charge in [-0.25, -0.2) is 9.50 Å². The molecule has 7 nitrogen and oxygen atoms in total. The highest BCUT2D eigenvalue weighted by Gasteiger charge is 2.37. The molecular weight excluding hydrogens is 399 g/mol. The third-order valence-corrected chi connectivity index (χ3v) is 5.10. The number of aryl methyl sites for hydroxylation is 1. The Kier molecular flexibility index (Phi) is 4.92. The molecule has 0 radical (unpaired) electrons. The van der Waals surface area contributed by atoms with Gasteiger partial charge in [-0.2, -0.15) is 18.3 Å². The largest absolute Gasteiger partial charge is 0.417 e. The number of hydrogen-bond donors (Lipinski definition) is 0. The van der Waals surface area contributed by atoms with Crippen molar-refractivity contribution in [3.63, 3.8) is 0 Å². The van der Waals surface area contributed by atoms with E-state index in [1.54, 1.807) is 30.3 Å². The van der Waals surface area contributed by atoms with Gasteiger partial charge in [0.1, 0.15) is 5.56 Å². The number of amides is 2. The van der Waals surface area contributed by atoms with E-state index in [9.17, 15) is 22.8 Å². The molecule has 3 heterocycles. The van der Waals surface area contributed by atoms with Crippen LogP contribution in [0.25, 0.3) is 5.65 Å². The molecule has 4 rings (SSSR count). The summed E-state index contributed by atoms with van der Waals surface area (Å²) in [6.07, 6.45) is -1.35. The lowest BCUT2D eigenvalue weighted by Gasteiger charge is -2.35. The first kappa shape index (κ1) is 19.9. The fraction of sp³-hybridized carbons (Fsp3) is 0.300. The van der Waals surface area contributed by atoms with Crippen LogP contribution in [0.2, 0.25) is 0 Å². The smallest absolute Gasteiger partial charge is 0.335 e. The molecule has 30 heavy (non-hydrogen) atoms. The van der Waals surface area contributed by atoms with E-state index in [-0.39, 0.29) is 37.6 Å². The van der Waals surface area contributed by atoms with E-state index in [2.05, 4.69) is 10.1 Å². The predicted octanol–water partition coefficient (Wildman–Crippen LogP) is 2.65. The number of hydrogen-bond acceptors (Lipinski definition) is 4. The summed E-state index contributed by atoms with van der Waals surface area (Å²) < 4.78 is 41.2. The van der Waals surface area contributed by atoms with Crippen LogP contribution in [0.15, 0.2) is 42.7 Å². The van der Waals surface area contributed by atoms with Gasteiger partial charge in [0.2, 0.25) is 0 Å². The fourth-order valence-electron chi connectivity index (χ4n) is 3.60. The van der Waals surface area contributed by atoms with Gasteiger partial charge in [-0.05, 0) is 25.1 Å².